The number of hydrogen-bond acceptors (Lipinski definition) is 4. The molecule has 6 nitrogen and oxygen atoms in total. The van der Waals surface area contributed by atoms with Crippen molar-refractivity contribution in [2.24, 2.45) is 0 Å². The van der Waals surface area contributed by atoms with E-state index < -0.39 is 0 Å². The number of nitrogens with one attached hydrogen (secondary N) is 2. The quantitative estimate of drug-likeness (QED) is 0.703. The number of rotatable bonds is 6. The van der Waals surface area contributed by atoms with Crippen molar-refractivity contribution in [3.05, 3.63) is 18.2 Å². The van der Waals surface area contributed by atoms with Gasteiger partial charge in [-0.05, 0) is 6.42 Å². The molecule has 1 aromatic heterocycles. The molecule has 2 heterocycles. The summed E-state index contributed by atoms with van der Waals surface area (Å²) >= 11 is 0. The smallest absolute Gasteiger partial charge is 0.220 e. The Kier molecular flexibility index (Phi) is 4.72. The van der Waals surface area contributed by atoms with Crippen LogP contribution in [0, 0.1) is 0 Å². The Morgan fingerprint density at radius 1 is 1.67 bits per heavy atom. The van der Waals surface area contributed by atoms with Gasteiger partial charge in [-0.2, -0.15) is 0 Å². The lowest BCUT2D eigenvalue weighted by Gasteiger charge is -2.25. The Labute approximate surface area is 107 Å². The number of ether oxygens (including phenoxy) is 1. The van der Waals surface area contributed by atoms with Crippen LogP contribution in [-0.4, -0.2) is 42.3 Å². The van der Waals surface area contributed by atoms with Crippen LogP contribution in [0.3, 0.4) is 0 Å². The Morgan fingerprint density at radius 3 is 3.28 bits per heavy atom. The summed E-state index contributed by atoms with van der Waals surface area (Å²) in [6.45, 7) is 2.99. The molecule has 0 bridgehead atoms. The minimum absolute atomic E-state index is 0.145. The van der Waals surface area contributed by atoms with E-state index in [1.807, 2.05) is 12.5 Å². The number of piperidine rings is 1. The molecule has 0 saturated carbocycles. The van der Waals surface area contributed by atoms with Crippen LogP contribution in [0.4, 0.5) is 0 Å². The molecule has 18 heavy (non-hydrogen) atoms. The average molecular weight is 252 g/mol. The lowest BCUT2D eigenvalue weighted by Crippen LogP contribution is -2.36. The van der Waals surface area contributed by atoms with Crippen LogP contribution in [0.5, 0.6) is 0 Å². The van der Waals surface area contributed by atoms with Crippen LogP contribution in [0.2, 0.25) is 0 Å². The first kappa shape index (κ1) is 13.0. The number of imidazole rings is 1. The maximum atomic E-state index is 11.1. The summed E-state index contributed by atoms with van der Waals surface area (Å²) in [7, 11) is 1.69. The normalized spacial score (nSPS) is 19.8. The van der Waals surface area contributed by atoms with Gasteiger partial charge in [-0.3, -0.25) is 4.79 Å². The summed E-state index contributed by atoms with van der Waals surface area (Å²) in [4.78, 5) is 15.3. The maximum Gasteiger partial charge on any atom is 0.220 e. The van der Waals surface area contributed by atoms with Crippen LogP contribution in [0.1, 0.15) is 24.6 Å². The molecule has 1 aliphatic rings. The predicted octanol–water partition coefficient (Wildman–Crippen LogP) is 0.0702. The van der Waals surface area contributed by atoms with Crippen molar-refractivity contribution in [1.29, 1.82) is 0 Å². The monoisotopic (exact) mass is 252 g/mol. The fraction of sp³-hybridized carbons (Fsp3) is 0.667. The fourth-order valence-corrected chi connectivity index (χ4v) is 2.15. The average Bonchev–Trinajstić information content (AvgIpc) is 2.84. The summed E-state index contributed by atoms with van der Waals surface area (Å²) in [5.74, 6) is 0.145. The number of amides is 1. The Hall–Kier alpha value is -1.40. The number of hydrogen-bond donors (Lipinski definition) is 2. The molecule has 0 aliphatic carbocycles. The van der Waals surface area contributed by atoms with Crippen molar-refractivity contribution in [2.75, 3.05) is 26.8 Å². The largest absolute Gasteiger partial charge is 0.383 e. The van der Waals surface area contributed by atoms with E-state index in [2.05, 4.69) is 20.2 Å². The predicted molar refractivity (Wildman–Crippen MR) is 67.1 cm³/mol. The zero-order chi connectivity index (χ0) is 12.8. The highest BCUT2D eigenvalue weighted by molar-refractivity contribution is 5.76. The van der Waals surface area contributed by atoms with E-state index in [1.165, 1.54) is 0 Å². The first-order valence-electron chi connectivity index (χ1n) is 6.28. The van der Waals surface area contributed by atoms with Gasteiger partial charge in [0.1, 0.15) is 0 Å². The molecule has 0 aromatic carbocycles. The summed E-state index contributed by atoms with van der Waals surface area (Å²) in [6, 6.07) is 0.324. The maximum absolute atomic E-state index is 11.1. The van der Waals surface area contributed by atoms with Gasteiger partial charge in [-0.15, -0.1) is 0 Å². The summed E-state index contributed by atoms with van der Waals surface area (Å²) in [5, 5.41) is 6.20. The van der Waals surface area contributed by atoms with Gasteiger partial charge in [0.05, 0.1) is 24.7 Å². The van der Waals surface area contributed by atoms with Gasteiger partial charge in [-0.1, -0.05) is 0 Å². The topological polar surface area (TPSA) is 68.2 Å². The van der Waals surface area contributed by atoms with Crippen LogP contribution in [-0.2, 0) is 16.1 Å². The highest BCUT2D eigenvalue weighted by Crippen LogP contribution is 2.18. The Balaban J connectivity index is 1.88. The third kappa shape index (κ3) is 3.30. The molecular formula is C12H20N4O2. The molecule has 0 radical (unpaired) electrons. The molecule has 1 atom stereocenters. The van der Waals surface area contributed by atoms with Crippen molar-refractivity contribution in [2.45, 2.75) is 25.4 Å². The standard InChI is InChI=1S/C12H20N4O2/c1-18-5-4-13-6-11-7-14-9-16(11)10-2-3-12(17)15-8-10/h7,9-10,13H,2-6,8H2,1H3,(H,15,17). The van der Waals surface area contributed by atoms with E-state index >= 15 is 0 Å². The zero-order valence-corrected chi connectivity index (χ0v) is 10.7. The number of aromatic nitrogens is 2. The molecule has 1 aromatic rings. The Morgan fingerprint density at radius 2 is 2.56 bits per heavy atom. The minimum atomic E-state index is 0.145. The molecule has 1 aliphatic heterocycles. The van der Waals surface area contributed by atoms with Crippen molar-refractivity contribution >= 4 is 5.91 Å². The molecule has 1 fully saturated rings. The summed E-state index contributed by atoms with van der Waals surface area (Å²) in [6.07, 6.45) is 5.19. The number of carbonyl (C=O) groups is 1. The molecule has 6 heteroatoms. The first-order valence-corrected chi connectivity index (χ1v) is 6.28. The van der Waals surface area contributed by atoms with Crippen molar-refractivity contribution < 1.29 is 9.53 Å². The van der Waals surface area contributed by atoms with E-state index in [0.717, 1.165) is 25.2 Å². The van der Waals surface area contributed by atoms with E-state index in [9.17, 15) is 4.79 Å². The van der Waals surface area contributed by atoms with Gasteiger partial charge in [0.25, 0.3) is 0 Å². The van der Waals surface area contributed by atoms with Gasteiger partial charge >= 0.3 is 0 Å². The van der Waals surface area contributed by atoms with Gasteiger partial charge in [0, 0.05) is 39.4 Å². The molecule has 100 valence electrons. The van der Waals surface area contributed by atoms with Crippen molar-refractivity contribution in [3.8, 4) is 0 Å². The number of methoxy groups -OCH3 is 1. The van der Waals surface area contributed by atoms with E-state index in [1.54, 1.807) is 7.11 Å². The summed E-state index contributed by atoms with van der Waals surface area (Å²) in [5.41, 5.74) is 1.15. The summed E-state index contributed by atoms with van der Waals surface area (Å²) < 4.78 is 7.14. The molecule has 2 rings (SSSR count). The lowest BCUT2D eigenvalue weighted by molar-refractivity contribution is -0.122. The molecule has 0 spiro atoms. The fourth-order valence-electron chi connectivity index (χ4n) is 2.15. The molecule has 2 N–H and O–H groups in total. The minimum Gasteiger partial charge on any atom is -0.383 e. The van der Waals surface area contributed by atoms with Gasteiger partial charge in [0.2, 0.25) is 5.91 Å². The highest BCUT2D eigenvalue weighted by Gasteiger charge is 2.20. The second-order valence-electron chi connectivity index (χ2n) is 4.46. The van der Waals surface area contributed by atoms with E-state index in [4.69, 9.17) is 4.74 Å². The lowest BCUT2D eigenvalue weighted by atomic mass is 10.1. The number of nitrogens with zero attached hydrogens (tertiary/aromatic N) is 2. The van der Waals surface area contributed by atoms with Crippen LogP contribution >= 0.6 is 0 Å². The van der Waals surface area contributed by atoms with Gasteiger partial charge < -0.3 is 19.9 Å². The SMILES string of the molecule is COCCNCc1cncn1C1CCC(=O)NC1. The third-order valence-corrected chi connectivity index (χ3v) is 3.17. The van der Waals surface area contributed by atoms with Crippen LogP contribution in [0.15, 0.2) is 12.5 Å². The van der Waals surface area contributed by atoms with Gasteiger partial charge in [-0.25, -0.2) is 4.98 Å². The van der Waals surface area contributed by atoms with Gasteiger partial charge in [0.15, 0.2) is 0 Å². The van der Waals surface area contributed by atoms with E-state index in [0.29, 0.717) is 25.6 Å². The highest BCUT2D eigenvalue weighted by atomic mass is 16.5. The number of carbonyl (C=O) groups excluding carboxylic acids is 1. The van der Waals surface area contributed by atoms with E-state index in [-0.39, 0.29) is 5.91 Å². The molecular weight excluding hydrogens is 232 g/mol. The van der Waals surface area contributed by atoms with Crippen LogP contribution in [0.25, 0.3) is 0 Å². The molecule has 1 saturated heterocycles. The molecule has 1 amide bonds. The zero-order valence-electron chi connectivity index (χ0n) is 10.7. The second kappa shape index (κ2) is 6.51. The Bertz CT molecular complexity index is 381. The first-order chi connectivity index (χ1) is 8.81. The van der Waals surface area contributed by atoms with Crippen molar-refractivity contribution in [1.82, 2.24) is 20.2 Å². The van der Waals surface area contributed by atoms with Crippen LogP contribution < -0.4 is 10.6 Å². The second-order valence-corrected chi connectivity index (χ2v) is 4.46. The third-order valence-electron chi connectivity index (χ3n) is 3.17. The van der Waals surface area contributed by atoms with Crippen molar-refractivity contribution in [3.63, 3.8) is 0 Å². The molecule has 1 unspecified atom stereocenters.